The highest BCUT2D eigenvalue weighted by Crippen LogP contribution is 2.40. The lowest BCUT2D eigenvalue weighted by Crippen LogP contribution is -2.39. The number of methoxy groups -OCH3 is 2. The smallest absolute Gasteiger partial charge is 0.227 e. The van der Waals surface area contributed by atoms with Gasteiger partial charge in [-0.1, -0.05) is 11.2 Å². The van der Waals surface area contributed by atoms with Gasteiger partial charge in [-0.05, 0) is 53.1 Å². The maximum absolute atomic E-state index is 13.3. The zero-order chi connectivity index (χ0) is 22.8. The van der Waals surface area contributed by atoms with E-state index in [1.165, 1.54) is 15.3 Å². The van der Waals surface area contributed by atoms with E-state index < -0.39 is 0 Å². The Balaban J connectivity index is 1.29. The second-order valence-electron chi connectivity index (χ2n) is 7.64. The average Bonchev–Trinajstić information content (AvgIpc) is 3.62. The van der Waals surface area contributed by atoms with Gasteiger partial charge in [0.2, 0.25) is 17.6 Å². The zero-order valence-electron chi connectivity index (χ0n) is 18.3. The van der Waals surface area contributed by atoms with Crippen molar-refractivity contribution >= 4 is 28.6 Å². The summed E-state index contributed by atoms with van der Waals surface area (Å²) >= 11 is 3.46. The zero-order valence-corrected chi connectivity index (χ0v) is 19.9. The van der Waals surface area contributed by atoms with Crippen molar-refractivity contribution in [3.8, 4) is 22.9 Å². The lowest BCUT2D eigenvalue weighted by Gasteiger charge is -2.35. The Bertz CT molecular complexity index is 1250. The van der Waals surface area contributed by atoms with E-state index in [0.29, 0.717) is 36.1 Å². The minimum atomic E-state index is -0.0162. The molecule has 3 aromatic heterocycles. The van der Waals surface area contributed by atoms with Crippen LogP contribution in [0.1, 0.15) is 33.7 Å². The highest BCUT2D eigenvalue weighted by Gasteiger charge is 2.33. The van der Waals surface area contributed by atoms with Crippen molar-refractivity contribution in [2.45, 2.75) is 25.3 Å². The molecule has 0 saturated carbocycles. The summed E-state index contributed by atoms with van der Waals surface area (Å²) in [4.78, 5) is 22.3. The number of hydrogen-bond donors (Lipinski definition) is 0. The van der Waals surface area contributed by atoms with Crippen LogP contribution >= 0.6 is 22.7 Å². The summed E-state index contributed by atoms with van der Waals surface area (Å²) in [7, 11) is 3.17. The van der Waals surface area contributed by atoms with Crippen molar-refractivity contribution in [1.29, 1.82) is 0 Å². The topological polar surface area (TPSA) is 77.7 Å². The van der Waals surface area contributed by atoms with Crippen LogP contribution in [-0.4, -0.2) is 41.7 Å². The van der Waals surface area contributed by atoms with Gasteiger partial charge in [0.1, 0.15) is 0 Å². The van der Waals surface area contributed by atoms with Gasteiger partial charge in [-0.15, -0.1) is 22.7 Å². The average molecular weight is 482 g/mol. The SMILES string of the molecule is COc1ccc(-c2noc(CCC(=O)N3CCc4sccc4[C@@H]3c3cccs3)n2)cc1OC. The van der Waals surface area contributed by atoms with Gasteiger partial charge in [0.05, 0.1) is 20.3 Å². The van der Waals surface area contributed by atoms with Crippen LogP contribution in [0.2, 0.25) is 0 Å². The summed E-state index contributed by atoms with van der Waals surface area (Å²) in [5.74, 6) is 2.21. The molecule has 4 heterocycles. The molecule has 33 heavy (non-hydrogen) atoms. The standard InChI is InChI=1S/C24H23N3O4S2/c1-29-17-6-5-15(14-18(17)30-2)24-25-21(31-26-24)7-8-22(28)27-11-9-19-16(10-13-33-19)23(27)20-4-3-12-32-20/h3-6,10,12-14,23H,7-9,11H2,1-2H3/t23-/m1/s1. The molecule has 4 aromatic rings. The minimum absolute atomic E-state index is 0.0162. The Morgan fingerprint density at radius 2 is 2.03 bits per heavy atom. The lowest BCUT2D eigenvalue weighted by molar-refractivity contribution is -0.133. The van der Waals surface area contributed by atoms with E-state index in [4.69, 9.17) is 14.0 Å². The second kappa shape index (κ2) is 9.36. The maximum Gasteiger partial charge on any atom is 0.227 e. The van der Waals surface area contributed by atoms with E-state index in [2.05, 4.69) is 33.0 Å². The number of amides is 1. The molecule has 1 aromatic carbocycles. The van der Waals surface area contributed by atoms with Gasteiger partial charge in [0, 0.05) is 34.7 Å². The first-order valence-electron chi connectivity index (χ1n) is 10.6. The molecule has 0 aliphatic carbocycles. The third kappa shape index (κ3) is 4.26. The van der Waals surface area contributed by atoms with Crippen molar-refractivity contribution in [3.05, 3.63) is 68.4 Å². The molecule has 9 heteroatoms. The number of carbonyl (C=O) groups excluding carboxylic acids is 1. The number of carbonyl (C=O) groups is 1. The molecule has 0 N–H and O–H groups in total. The van der Waals surface area contributed by atoms with E-state index in [-0.39, 0.29) is 11.9 Å². The summed E-state index contributed by atoms with van der Waals surface area (Å²) in [5, 5.41) is 8.26. The molecule has 0 fully saturated rings. The highest BCUT2D eigenvalue weighted by molar-refractivity contribution is 7.10. The van der Waals surface area contributed by atoms with E-state index in [1.54, 1.807) is 49.0 Å². The number of rotatable bonds is 7. The first-order valence-corrected chi connectivity index (χ1v) is 12.4. The Morgan fingerprint density at radius 3 is 2.82 bits per heavy atom. The maximum atomic E-state index is 13.3. The number of hydrogen-bond acceptors (Lipinski definition) is 8. The number of thiophene rings is 2. The largest absolute Gasteiger partial charge is 0.493 e. The van der Waals surface area contributed by atoms with Crippen molar-refractivity contribution in [2.75, 3.05) is 20.8 Å². The molecule has 7 nitrogen and oxygen atoms in total. The van der Waals surface area contributed by atoms with Crippen LogP contribution in [0.25, 0.3) is 11.4 Å². The fraction of sp³-hybridized carbons (Fsp3) is 0.292. The van der Waals surface area contributed by atoms with Crippen LogP contribution in [0.3, 0.4) is 0 Å². The number of aryl methyl sites for hydroxylation is 1. The van der Waals surface area contributed by atoms with Crippen molar-refractivity contribution < 1.29 is 18.8 Å². The number of ether oxygens (including phenoxy) is 2. The molecule has 0 spiro atoms. The second-order valence-corrected chi connectivity index (χ2v) is 9.62. The first-order chi connectivity index (χ1) is 16.2. The van der Waals surface area contributed by atoms with Crippen LogP contribution in [0.4, 0.5) is 0 Å². The monoisotopic (exact) mass is 481 g/mol. The van der Waals surface area contributed by atoms with Gasteiger partial charge in [0.25, 0.3) is 0 Å². The molecule has 0 unspecified atom stereocenters. The fourth-order valence-electron chi connectivity index (χ4n) is 4.15. The fourth-order valence-corrected chi connectivity index (χ4v) is 5.90. The molecule has 1 aliphatic rings. The molecule has 0 saturated heterocycles. The molecular formula is C24H23N3O4S2. The van der Waals surface area contributed by atoms with Crippen LogP contribution in [0.15, 0.2) is 51.7 Å². The Morgan fingerprint density at radius 1 is 1.15 bits per heavy atom. The molecule has 1 aliphatic heterocycles. The Labute approximate surface area is 199 Å². The van der Waals surface area contributed by atoms with E-state index in [9.17, 15) is 4.79 Å². The molecule has 0 radical (unpaired) electrons. The van der Waals surface area contributed by atoms with Gasteiger partial charge in [-0.3, -0.25) is 4.79 Å². The number of aromatic nitrogens is 2. The summed E-state index contributed by atoms with van der Waals surface area (Å²) in [5.41, 5.74) is 2.00. The van der Waals surface area contributed by atoms with E-state index >= 15 is 0 Å². The van der Waals surface area contributed by atoms with Crippen molar-refractivity contribution in [1.82, 2.24) is 15.0 Å². The molecule has 170 valence electrons. The summed E-state index contributed by atoms with van der Waals surface area (Å²) in [6, 6.07) is 11.7. The molecule has 5 rings (SSSR count). The van der Waals surface area contributed by atoms with Crippen molar-refractivity contribution in [3.63, 3.8) is 0 Å². The van der Waals surface area contributed by atoms with Gasteiger partial charge in [0.15, 0.2) is 11.5 Å². The summed E-state index contributed by atoms with van der Waals surface area (Å²) in [6.07, 6.45) is 1.60. The minimum Gasteiger partial charge on any atom is -0.493 e. The van der Waals surface area contributed by atoms with Crippen LogP contribution in [-0.2, 0) is 17.6 Å². The summed E-state index contributed by atoms with van der Waals surface area (Å²) in [6.45, 7) is 0.718. The number of benzene rings is 1. The van der Waals surface area contributed by atoms with Gasteiger partial charge in [-0.25, -0.2) is 0 Å². The van der Waals surface area contributed by atoms with Gasteiger partial charge < -0.3 is 18.9 Å². The predicted octanol–water partition coefficient (Wildman–Crippen LogP) is 4.98. The molecule has 1 amide bonds. The quantitative estimate of drug-likeness (QED) is 0.370. The first kappa shape index (κ1) is 21.7. The third-order valence-electron chi connectivity index (χ3n) is 5.76. The third-order valence-corrected chi connectivity index (χ3v) is 7.68. The van der Waals surface area contributed by atoms with Crippen LogP contribution in [0, 0.1) is 0 Å². The normalized spacial score (nSPS) is 15.3. The van der Waals surface area contributed by atoms with Gasteiger partial charge >= 0.3 is 0 Å². The molecular weight excluding hydrogens is 458 g/mol. The molecule has 0 bridgehead atoms. The lowest BCUT2D eigenvalue weighted by atomic mass is 9.98. The van der Waals surface area contributed by atoms with Gasteiger partial charge in [-0.2, -0.15) is 4.98 Å². The Kier molecular flexibility index (Phi) is 6.15. The van der Waals surface area contributed by atoms with Crippen LogP contribution in [0.5, 0.6) is 11.5 Å². The number of fused-ring (bicyclic) bond motifs is 1. The predicted molar refractivity (Wildman–Crippen MR) is 127 cm³/mol. The highest BCUT2D eigenvalue weighted by atomic mass is 32.1. The van der Waals surface area contributed by atoms with Crippen LogP contribution < -0.4 is 9.47 Å². The molecule has 1 atom stereocenters. The van der Waals surface area contributed by atoms with E-state index in [0.717, 1.165) is 18.5 Å². The van der Waals surface area contributed by atoms with E-state index in [1.807, 2.05) is 17.0 Å². The number of nitrogens with zero attached hydrogens (tertiary/aromatic N) is 3. The Hall–Kier alpha value is -3.17. The summed E-state index contributed by atoms with van der Waals surface area (Å²) < 4.78 is 16.1. The van der Waals surface area contributed by atoms with Crippen molar-refractivity contribution in [2.24, 2.45) is 0 Å².